The maximum atomic E-state index is 10.8. The van der Waals surface area contributed by atoms with E-state index in [1.807, 2.05) is 18.2 Å². The van der Waals surface area contributed by atoms with Crippen LogP contribution in [0, 0.1) is 0 Å². The minimum absolute atomic E-state index is 0.729. The minimum atomic E-state index is -0.729. The summed E-state index contributed by atoms with van der Waals surface area (Å²) < 4.78 is 2.14. The number of rotatable bonds is 11. The lowest BCUT2D eigenvalue weighted by Crippen LogP contribution is -2.47. The smallest absolute Gasteiger partial charge is 0.272 e. The normalized spacial score (nSPS) is 23.5. The number of nitrogens with one attached hydrogen (secondary N) is 1. The molecule has 0 amide bonds. The molecule has 0 bridgehead atoms. The molecule has 0 radical (unpaired) electrons. The van der Waals surface area contributed by atoms with Crippen LogP contribution in [0.15, 0.2) is 24.8 Å². The predicted octanol–water partition coefficient (Wildman–Crippen LogP) is 3.74. The van der Waals surface area contributed by atoms with Crippen LogP contribution in [0.1, 0.15) is 70.6 Å². The van der Waals surface area contributed by atoms with E-state index in [0.29, 0.717) is 0 Å². The molecule has 0 aliphatic carbocycles. The Morgan fingerprint density at radius 1 is 1.14 bits per heavy atom. The van der Waals surface area contributed by atoms with Gasteiger partial charge in [0.15, 0.2) is 0 Å². The average molecular weight is 305 g/mol. The van der Waals surface area contributed by atoms with E-state index in [-0.39, 0.29) is 0 Å². The SMILES string of the molecule is C=CCCCCCCCCCCC1(O)C=CC2=[N+]1CCCN2. The van der Waals surface area contributed by atoms with Crippen molar-refractivity contribution in [2.45, 2.75) is 76.4 Å². The Morgan fingerprint density at radius 3 is 2.55 bits per heavy atom. The lowest BCUT2D eigenvalue weighted by Gasteiger charge is -2.25. The van der Waals surface area contributed by atoms with Gasteiger partial charge in [0.25, 0.3) is 5.84 Å². The summed E-state index contributed by atoms with van der Waals surface area (Å²) in [5, 5.41) is 14.1. The highest BCUT2D eigenvalue weighted by atomic mass is 16.3. The monoisotopic (exact) mass is 305 g/mol. The number of hydrogen-bond donors (Lipinski definition) is 2. The van der Waals surface area contributed by atoms with Crippen molar-refractivity contribution in [2.24, 2.45) is 0 Å². The van der Waals surface area contributed by atoms with Crippen LogP contribution in [-0.4, -0.2) is 34.3 Å². The molecule has 3 heteroatoms. The number of hydrogen-bond acceptors (Lipinski definition) is 2. The van der Waals surface area contributed by atoms with Gasteiger partial charge in [0.1, 0.15) is 0 Å². The molecule has 3 nitrogen and oxygen atoms in total. The fourth-order valence-corrected chi connectivity index (χ4v) is 3.48. The first-order valence-corrected chi connectivity index (χ1v) is 9.17. The molecule has 0 saturated carbocycles. The second kappa shape index (κ2) is 9.14. The fourth-order valence-electron chi connectivity index (χ4n) is 3.48. The van der Waals surface area contributed by atoms with E-state index in [1.165, 1.54) is 44.9 Å². The molecule has 1 atom stereocenters. The van der Waals surface area contributed by atoms with E-state index in [4.69, 9.17) is 0 Å². The summed E-state index contributed by atoms with van der Waals surface area (Å²) in [6, 6.07) is 0. The number of aliphatic hydroxyl groups is 1. The van der Waals surface area contributed by atoms with Gasteiger partial charge in [-0.25, -0.2) is 4.58 Å². The summed E-state index contributed by atoms with van der Waals surface area (Å²) in [7, 11) is 0. The van der Waals surface area contributed by atoms with Gasteiger partial charge in [-0.2, -0.15) is 0 Å². The molecular formula is C19H33N2O+. The van der Waals surface area contributed by atoms with Gasteiger partial charge in [0, 0.05) is 18.9 Å². The molecule has 2 N–H and O–H groups in total. The van der Waals surface area contributed by atoms with Gasteiger partial charge in [-0.05, 0) is 25.3 Å². The average Bonchev–Trinajstić information content (AvgIpc) is 2.87. The van der Waals surface area contributed by atoms with Crippen LogP contribution in [0.25, 0.3) is 0 Å². The first-order valence-electron chi connectivity index (χ1n) is 9.17. The molecule has 2 rings (SSSR count). The molecule has 1 unspecified atom stereocenters. The summed E-state index contributed by atoms with van der Waals surface area (Å²) in [5.41, 5.74) is -0.729. The Balaban J connectivity index is 1.53. The summed E-state index contributed by atoms with van der Waals surface area (Å²) in [4.78, 5) is 0. The number of nitrogens with zero attached hydrogens (tertiary/aromatic N) is 1. The third kappa shape index (κ3) is 4.98. The Morgan fingerprint density at radius 2 is 1.82 bits per heavy atom. The van der Waals surface area contributed by atoms with Crippen molar-refractivity contribution in [1.82, 2.24) is 5.32 Å². The van der Waals surface area contributed by atoms with Gasteiger partial charge in [0.05, 0.1) is 13.1 Å². The maximum Gasteiger partial charge on any atom is 0.272 e. The maximum absolute atomic E-state index is 10.8. The first kappa shape index (κ1) is 17.3. The number of allylic oxidation sites excluding steroid dienone is 1. The van der Waals surface area contributed by atoms with E-state index in [0.717, 1.165) is 44.6 Å². The number of amidine groups is 1. The third-order valence-electron chi connectivity index (χ3n) is 4.83. The quantitative estimate of drug-likeness (QED) is 0.346. The highest BCUT2D eigenvalue weighted by Gasteiger charge is 2.39. The zero-order valence-corrected chi connectivity index (χ0v) is 14.0. The van der Waals surface area contributed by atoms with Crippen LogP contribution < -0.4 is 5.32 Å². The topological polar surface area (TPSA) is 35.3 Å². The molecule has 0 aromatic carbocycles. The van der Waals surface area contributed by atoms with Crippen molar-refractivity contribution in [3.8, 4) is 0 Å². The molecule has 124 valence electrons. The molecule has 0 spiro atoms. The van der Waals surface area contributed by atoms with E-state index >= 15 is 0 Å². The standard InChI is InChI=1S/C19H32N2O/c1-2-3-4-5-6-7-8-9-10-11-14-19(22)15-13-18-20-16-12-17-21(18)19/h2,13,15,22H,1,3-12,14,16-17H2/p+1. The van der Waals surface area contributed by atoms with Crippen molar-refractivity contribution in [1.29, 1.82) is 0 Å². The van der Waals surface area contributed by atoms with Crippen LogP contribution >= 0.6 is 0 Å². The van der Waals surface area contributed by atoms with E-state index in [2.05, 4.69) is 16.5 Å². The predicted molar refractivity (Wildman–Crippen MR) is 93.2 cm³/mol. The Kier molecular flexibility index (Phi) is 7.17. The second-order valence-corrected chi connectivity index (χ2v) is 6.68. The molecular weight excluding hydrogens is 272 g/mol. The van der Waals surface area contributed by atoms with Crippen LogP contribution in [0.3, 0.4) is 0 Å². The molecule has 0 aromatic rings. The third-order valence-corrected chi connectivity index (χ3v) is 4.83. The van der Waals surface area contributed by atoms with Gasteiger partial charge in [-0.3, -0.25) is 5.32 Å². The molecule has 0 saturated heterocycles. The molecule has 2 heterocycles. The van der Waals surface area contributed by atoms with Crippen molar-refractivity contribution < 1.29 is 9.68 Å². The molecule has 22 heavy (non-hydrogen) atoms. The molecule has 2 aliphatic rings. The fraction of sp³-hybridized carbons (Fsp3) is 0.737. The first-order chi connectivity index (χ1) is 10.8. The van der Waals surface area contributed by atoms with Gasteiger partial charge < -0.3 is 5.11 Å². The van der Waals surface area contributed by atoms with Gasteiger partial charge in [-0.15, -0.1) is 6.58 Å². The van der Waals surface area contributed by atoms with Crippen molar-refractivity contribution in [3.63, 3.8) is 0 Å². The molecule has 0 fully saturated rings. The van der Waals surface area contributed by atoms with Crippen LogP contribution in [-0.2, 0) is 0 Å². The van der Waals surface area contributed by atoms with Crippen LogP contribution in [0.2, 0.25) is 0 Å². The molecule has 0 aromatic heterocycles. The zero-order valence-electron chi connectivity index (χ0n) is 14.0. The highest BCUT2D eigenvalue weighted by Crippen LogP contribution is 2.24. The van der Waals surface area contributed by atoms with Gasteiger partial charge in [0.2, 0.25) is 5.72 Å². The Bertz CT molecular complexity index is 414. The van der Waals surface area contributed by atoms with Crippen molar-refractivity contribution in [3.05, 3.63) is 24.8 Å². The van der Waals surface area contributed by atoms with Gasteiger partial charge >= 0.3 is 0 Å². The zero-order chi connectivity index (χ0) is 15.7. The summed E-state index contributed by atoms with van der Waals surface area (Å²) in [6.07, 6.45) is 19.5. The van der Waals surface area contributed by atoms with Crippen LogP contribution in [0.4, 0.5) is 0 Å². The molecule has 2 aliphatic heterocycles. The highest BCUT2D eigenvalue weighted by molar-refractivity contribution is 5.90. The summed E-state index contributed by atoms with van der Waals surface area (Å²) >= 11 is 0. The van der Waals surface area contributed by atoms with Gasteiger partial charge in [-0.1, -0.05) is 44.6 Å². The van der Waals surface area contributed by atoms with E-state index in [1.54, 1.807) is 0 Å². The lowest BCUT2D eigenvalue weighted by atomic mass is 10.0. The minimum Gasteiger partial charge on any atom is -0.350 e. The van der Waals surface area contributed by atoms with Crippen molar-refractivity contribution in [2.75, 3.05) is 13.1 Å². The lowest BCUT2D eigenvalue weighted by molar-refractivity contribution is -0.644. The Hall–Kier alpha value is -1.09. The van der Waals surface area contributed by atoms with Crippen LogP contribution in [0.5, 0.6) is 0 Å². The summed E-state index contributed by atoms with van der Waals surface area (Å²) in [5.74, 6) is 1.10. The second-order valence-electron chi connectivity index (χ2n) is 6.68. The summed E-state index contributed by atoms with van der Waals surface area (Å²) in [6.45, 7) is 5.75. The van der Waals surface area contributed by atoms with E-state index in [9.17, 15) is 5.11 Å². The largest absolute Gasteiger partial charge is 0.350 e. The number of unbranched alkanes of at least 4 members (excludes halogenated alkanes) is 8. The van der Waals surface area contributed by atoms with Crippen molar-refractivity contribution >= 4 is 5.84 Å². The van der Waals surface area contributed by atoms with E-state index < -0.39 is 5.72 Å². The Labute approximate surface area is 135 Å².